The number of esters is 1. The highest BCUT2D eigenvalue weighted by Gasteiger charge is 2.50. The Morgan fingerprint density at radius 2 is 1.68 bits per heavy atom. The first-order valence-electron chi connectivity index (χ1n) is 13.3. The summed E-state index contributed by atoms with van der Waals surface area (Å²) >= 11 is 0. The second kappa shape index (κ2) is 10.3. The van der Waals surface area contributed by atoms with E-state index in [9.17, 15) is 9.90 Å². The molecule has 0 aromatic heterocycles. The van der Waals surface area contributed by atoms with Crippen molar-refractivity contribution in [3.8, 4) is 0 Å². The lowest BCUT2D eigenvalue weighted by Gasteiger charge is -2.53. The molecule has 0 aliphatic heterocycles. The maximum absolute atomic E-state index is 12.6. The predicted octanol–water partition coefficient (Wildman–Crippen LogP) is 5.63. The Bertz CT molecular complexity index is 915. The minimum absolute atomic E-state index is 0.0138. The van der Waals surface area contributed by atoms with Gasteiger partial charge in [-0.15, -0.1) is 0 Å². The van der Waals surface area contributed by atoms with Crippen LogP contribution in [0.25, 0.3) is 10.4 Å². The third kappa shape index (κ3) is 4.84. The van der Waals surface area contributed by atoms with Crippen molar-refractivity contribution in [2.24, 2.45) is 52.3 Å². The average molecular weight is 467 g/mol. The number of aliphatic hydroxyl groups excluding tert-OH is 1. The Kier molecular flexibility index (Phi) is 7.14. The molecule has 184 valence electrons. The van der Waals surface area contributed by atoms with E-state index in [1.54, 1.807) is 24.3 Å². The van der Waals surface area contributed by atoms with E-state index >= 15 is 0 Å². The largest absolute Gasteiger partial charge is 0.434 e. The van der Waals surface area contributed by atoms with E-state index in [2.05, 4.69) is 10.0 Å². The third-order valence-electron chi connectivity index (χ3n) is 9.69. The number of nitrogens with zero attached hydrogens (tertiary/aromatic N) is 3. The summed E-state index contributed by atoms with van der Waals surface area (Å²) in [6, 6.07) is 6.10. The van der Waals surface area contributed by atoms with Crippen LogP contribution in [0.15, 0.2) is 29.4 Å². The quantitative estimate of drug-likeness (QED) is 0.185. The third-order valence-corrected chi connectivity index (χ3v) is 9.69. The van der Waals surface area contributed by atoms with Gasteiger partial charge in [-0.25, -0.2) is 0 Å². The Morgan fingerprint density at radius 3 is 2.41 bits per heavy atom. The molecule has 0 bridgehead atoms. The van der Waals surface area contributed by atoms with Gasteiger partial charge in [0.25, 0.3) is 0 Å². The van der Waals surface area contributed by atoms with Crippen molar-refractivity contribution in [1.82, 2.24) is 0 Å². The predicted molar refractivity (Wildman–Crippen MR) is 130 cm³/mol. The van der Waals surface area contributed by atoms with Crippen molar-refractivity contribution in [2.75, 3.05) is 0 Å². The number of carbonyl (C=O) groups is 1. The zero-order chi connectivity index (χ0) is 23.7. The zero-order valence-corrected chi connectivity index (χ0v) is 20.0. The smallest absolute Gasteiger partial charge is 0.325 e. The molecule has 5 rings (SSSR count). The number of hydrogen-bond acceptors (Lipinski definition) is 5. The molecule has 4 saturated carbocycles. The molecule has 7 heteroatoms. The second-order valence-electron chi connectivity index (χ2n) is 11.3. The van der Waals surface area contributed by atoms with Gasteiger partial charge in [0, 0.05) is 16.5 Å². The molecule has 0 heterocycles. The zero-order valence-electron chi connectivity index (χ0n) is 20.0. The highest BCUT2D eigenvalue weighted by atomic mass is 16.6. The number of nitrogens with two attached hydrogens (primary N) is 1. The topological polar surface area (TPSA) is 121 Å². The first-order chi connectivity index (χ1) is 16.5. The summed E-state index contributed by atoms with van der Waals surface area (Å²) in [4.78, 5) is 15.3. The van der Waals surface area contributed by atoms with Gasteiger partial charge < -0.3 is 15.6 Å². The SMILES string of the molecule is [N-]=[N+]=Nc1ccc(C[C@H](N)C(=O)OC(O)C2CC[C@H]3C(CC[C@H]4[C@@H]5CCC[C@H]5CC[C@@H]43)C2)cc1. The van der Waals surface area contributed by atoms with Gasteiger partial charge in [-0.1, -0.05) is 42.2 Å². The number of ether oxygens (including phenoxy) is 1. The second-order valence-corrected chi connectivity index (χ2v) is 11.3. The van der Waals surface area contributed by atoms with Gasteiger partial charge in [-0.2, -0.15) is 0 Å². The van der Waals surface area contributed by atoms with Crippen LogP contribution in [-0.4, -0.2) is 23.4 Å². The number of benzene rings is 1. The van der Waals surface area contributed by atoms with E-state index in [4.69, 9.17) is 16.0 Å². The van der Waals surface area contributed by atoms with Gasteiger partial charge in [-0.3, -0.25) is 4.79 Å². The number of aliphatic hydroxyl groups is 1. The van der Waals surface area contributed by atoms with E-state index in [0.29, 0.717) is 18.0 Å². The molecule has 7 nitrogen and oxygen atoms in total. The Hall–Kier alpha value is -2.08. The van der Waals surface area contributed by atoms with E-state index in [1.807, 2.05) is 0 Å². The van der Waals surface area contributed by atoms with Gasteiger partial charge in [0.05, 0.1) is 0 Å². The van der Waals surface area contributed by atoms with Crippen molar-refractivity contribution >= 4 is 11.7 Å². The molecule has 1 aromatic rings. The lowest BCUT2D eigenvalue weighted by molar-refractivity contribution is -0.185. The number of azide groups is 1. The monoisotopic (exact) mass is 466 g/mol. The van der Waals surface area contributed by atoms with Crippen molar-refractivity contribution in [1.29, 1.82) is 0 Å². The van der Waals surface area contributed by atoms with E-state index in [0.717, 1.165) is 54.4 Å². The number of hydrogen-bond donors (Lipinski definition) is 2. The van der Waals surface area contributed by atoms with Crippen molar-refractivity contribution in [3.63, 3.8) is 0 Å². The molecule has 0 radical (unpaired) electrons. The van der Waals surface area contributed by atoms with Gasteiger partial charge in [-0.05, 0) is 104 Å². The lowest BCUT2D eigenvalue weighted by Crippen LogP contribution is -2.46. The minimum Gasteiger partial charge on any atom is -0.434 e. The average Bonchev–Trinajstić information content (AvgIpc) is 3.34. The molecule has 4 aliphatic carbocycles. The normalized spacial score (nSPS) is 36.2. The summed E-state index contributed by atoms with van der Waals surface area (Å²) in [5, 5.41) is 14.3. The summed E-state index contributed by atoms with van der Waals surface area (Å²) in [5.41, 5.74) is 15.9. The summed E-state index contributed by atoms with van der Waals surface area (Å²) in [6.45, 7) is 0. The molecule has 0 saturated heterocycles. The maximum atomic E-state index is 12.6. The lowest BCUT2D eigenvalue weighted by atomic mass is 9.53. The fraction of sp³-hybridized carbons (Fsp3) is 0.741. The van der Waals surface area contributed by atoms with Crippen LogP contribution in [0.1, 0.15) is 69.8 Å². The first kappa shape index (κ1) is 23.7. The molecule has 0 amide bonds. The molecular weight excluding hydrogens is 428 g/mol. The van der Waals surface area contributed by atoms with Gasteiger partial charge >= 0.3 is 5.97 Å². The molecule has 3 N–H and O–H groups in total. The summed E-state index contributed by atoms with van der Waals surface area (Å²) in [7, 11) is 0. The van der Waals surface area contributed by atoms with Crippen LogP contribution in [0.4, 0.5) is 5.69 Å². The van der Waals surface area contributed by atoms with Gasteiger partial charge in [0.15, 0.2) is 0 Å². The molecule has 1 aromatic carbocycles. The van der Waals surface area contributed by atoms with E-state index in [1.165, 1.54) is 44.9 Å². The Labute approximate surface area is 202 Å². The van der Waals surface area contributed by atoms with Gasteiger partial charge in [0.1, 0.15) is 6.04 Å². The molecule has 34 heavy (non-hydrogen) atoms. The fourth-order valence-corrected chi connectivity index (χ4v) is 8.16. The van der Waals surface area contributed by atoms with Crippen LogP contribution in [0.3, 0.4) is 0 Å². The van der Waals surface area contributed by atoms with Crippen molar-refractivity contribution in [3.05, 3.63) is 40.3 Å². The Balaban J connectivity index is 1.12. The highest BCUT2D eigenvalue weighted by Crippen LogP contribution is 2.58. The highest BCUT2D eigenvalue weighted by molar-refractivity contribution is 5.76. The van der Waals surface area contributed by atoms with Crippen molar-refractivity contribution < 1.29 is 14.6 Å². The molecule has 0 spiro atoms. The van der Waals surface area contributed by atoms with E-state index in [-0.39, 0.29) is 5.92 Å². The molecule has 3 unspecified atom stereocenters. The standard InChI is InChI=1S/C27H38N4O3/c28-25(14-16-4-9-20(10-5-16)30-31-29)27(33)34-26(32)19-8-11-22-18(15-19)7-13-23-21-3-1-2-17(21)6-12-24(22)23/h4-5,9-10,17-19,21-26,32H,1-3,6-8,11-15,28H2/t17-,18?,19?,21+,22-,23-,24+,25-,26?/m0/s1. The van der Waals surface area contributed by atoms with Crippen LogP contribution in [0.5, 0.6) is 0 Å². The molecule has 4 aliphatic rings. The van der Waals surface area contributed by atoms with Crippen LogP contribution >= 0.6 is 0 Å². The van der Waals surface area contributed by atoms with Crippen molar-refractivity contribution in [2.45, 2.75) is 83.0 Å². The Morgan fingerprint density at radius 1 is 1.00 bits per heavy atom. The number of carbonyl (C=O) groups excluding carboxylic acids is 1. The van der Waals surface area contributed by atoms with Crippen LogP contribution in [0.2, 0.25) is 0 Å². The van der Waals surface area contributed by atoms with Crippen LogP contribution < -0.4 is 5.73 Å². The van der Waals surface area contributed by atoms with E-state index < -0.39 is 18.3 Å². The van der Waals surface area contributed by atoms with Crippen LogP contribution in [-0.2, 0) is 16.0 Å². The molecule has 4 fully saturated rings. The summed E-state index contributed by atoms with van der Waals surface area (Å²) in [5.74, 6) is 4.74. The molecular formula is C27H38N4O3. The fourth-order valence-electron chi connectivity index (χ4n) is 8.16. The first-order valence-corrected chi connectivity index (χ1v) is 13.3. The number of fused-ring (bicyclic) bond motifs is 5. The van der Waals surface area contributed by atoms with Crippen LogP contribution in [0, 0.1) is 41.4 Å². The minimum atomic E-state index is -1.07. The summed E-state index contributed by atoms with van der Waals surface area (Å²) in [6.07, 6.45) is 12.1. The summed E-state index contributed by atoms with van der Waals surface area (Å²) < 4.78 is 5.45. The maximum Gasteiger partial charge on any atom is 0.325 e. The molecule has 9 atom stereocenters. The number of rotatable bonds is 6. The van der Waals surface area contributed by atoms with Gasteiger partial charge in [0.2, 0.25) is 6.29 Å².